The van der Waals surface area contributed by atoms with Crippen LogP contribution in [0.1, 0.15) is 28.1 Å². The third-order valence-corrected chi connectivity index (χ3v) is 4.19. The lowest BCUT2D eigenvalue weighted by Crippen LogP contribution is -2.30. The summed E-state index contributed by atoms with van der Waals surface area (Å²) >= 11 is 1.44. The Hall–Kier alpha value is -1.69. The lowest BCUT2D eigenvalue weighted by atomic mass is 10.1. The van der Waals surface area contributed by atoms with Crippen molar-refractivity contribution in [2.45, 2.75) is 19.4 Å². The summed E-state index contributed by atoms with van der Waals surface area (Å²) in [6, 6.07) is 7.91. The number of carbonyl (C=O) groups is 1. The van der Waals surface area contributed by atoms with E-state index >= 15 is 0 Å². The van der Waals surface area contributed by atoms with Crippen LogP contribution < -0.4 is 11.3 Å². The summed E-state index contributed by atoms with van der Waals surface area (Å²) in [5, 5.41) is 1.06. The smallest absolute Gasteiger partial charge is 0.275 e. The Morgan fingerprint density at radius 2 is 2.25 bits per heavy atom. The summed E-state index contributed by atoms with van der Waals surface area (Å²) in [4.78, 5) is 12.5. The van der Waals surface area contributed by atoms with E-state index in [1.165, 1.54) is 11.3 Å². The first-order valence-corrected chi connectivity index (χ1v) is 7.29. The van der Waals surface area contributed by atoms with Crippen LogP contribution in [0.2, 0.25) is 0 Å². The number of hydrazine groups is 1. The molecule has 1 heterocycles. The third kappa shape index (κ3) is 3.25. The van der Waals surface area contributed by atoms with Crippen LogP contribution in [-0.4, -0.2) is 12.5 Å². The van der Waals surface area contributed by atoms with Crippen LogP contribution >= 0.6 is 11.3 Å². The molecule has 2 aromatic rings. The summed E-state index contributed by atoms with van der Waals surface area (Å²) in [7, 11) is 0. The Morgan fingerprint density at radius 1 is 1.45 bits per heavy atom. The van der Waals surface area contributed by atoms with Gasteiger partial charge >= 0.3 is 0 Å². The van der Waals surface area contributed by atoms with E-state index in [9.17, 15) is 4.79 Å². The van der Waals surface area contributed by atoms with Crippen molar-refractivity contribution >= 4 is 27.3 Å². The molecule has 0 unspecified atom stereocenters. The topological polar surface area (TPSA) is 64.3 Å². The molecule has 1 aromatic heterocycles. The minimum absolute atomic E-state index is 0.268. The lowest BCUT2D eigenvalue weighted by Gasteiger charge is -2.05. The molecule has 3 N–H and O–H groups in total. The zero-order valence-corrected chi connectivity index (χ0v) is 12.0. The Bertz CT molecular complexity index is 607. The van der Waals surface area contributed by atoms with Crippen LogP contribution in [0.5, 0.6) is 0 Å². The molecule has 0 atom stereocenters. The molecular weight excluding hydrogens is 272 g/mol. The zero-order valence-electron chi connectivity index (χ0n) is 11.2. The second kappa shape index (κ2) is 7.19. The second-order valence-corrected chi connectivity index (χ2v) is 5.42. The van der Waals surface area contributed by atoms with Gasteiger partial charge in [-0.15, -0.1) is 17.9 Å². The predicted octanol–water partition coefficient (Wildman–Crippen LogP) is 2.99. The molecule has 1 amide bonds. The van der Waals surface area contributed by atoms with Gasteiger partial charge < -0.3 is 4.74 Å². The number of fused-ring (bicyclic) bond motifs is 1. The molecule has 0 aliphatic heterocycles. The number of allylic oxidation sites excluding steroid dienone is 1. The van der Waals surface area contributed by atoms with E-state index in [1.54, 1.807) is 0 Å². The van der Waals surface area contributed by atoms with E-state index in [0.717, 1.165) is 28.5 Å². The van der Waals surface area contributed by atoms with Crippen LogP contribution in [0.25, 0.3) is 10.1 Å². The standard InChI is InChI=1S/C15H18N2O2S/c1-2-3-6-9-19-10-12-11-7-4-5-8-13(11)20-14(12)15(18)17-16/h2,4-5,7-8H,1,3,6,9-10,16H2,(H,17,18). The number of hydrogen-bond donors (Lipinski definition) is 2. The molecule has 5 heteroatoms. The number of ether oxygens (including phenoxy) is 1. The van der Waals surface area contributed by atoms with Gasteiger partial charge in [-0.2, -0.15) is 0 Å². The normalized spacial score (nSPS) is 10.7. The van der Waals surface area contributed by atoms with E-state index in [2.05, 4.69) is 12.0 Å². The number of thiophene rings is 1. The summed E-state index contributed by atoms with van der Waals surface area (Å²) in [6.45, 7) is 4.75. The van der Waals surface area contributed by atoms with Crippen molar-refractivity contribution in [3.63, 3.8) is 0 Å². The number of nitrogen functional groups attached to an aromatic ring is 1. The molecule has 0 aliphatic rings. The van der Waals surface area contributed by atoms with Crippen LogP contribution in [0.3, 0.4) is 0 Å². The van der Waals surface area contributed by atoms with E-state index in [0.29, 0.717) is 18.1 Å². The number of hydrogen-bond acceptors (Lipinski definition) is 4. The van der Waals surface area contributed by atoms with E-state index < -0.39 is 0 Å². The van der Waals surface area contributed by atoms with Gasteiger partial charge in [0.1, 0.15) is 0 Å². The lowest BCUT2D eigenvalue weighted by molar-refractivity contribution is 0.0945. The van der Waals surface area contributed by atoms with Gasteiger partial charge in [0.25, 0.3) is 5.91 Å². The first-order chi connectivity index (χ1) is 9.77. The average Bonchev–Trinajstić information content (AvgIpc) is 2.85. The molecule has 0 bridgehead atoms. The highest BCUT2D eigenvalue weighted by atomic mass is 32.1. The van der Waals surface area contributed by atoms with Crippen molar-refractivity contribution in [3.05, 3.63) is 47.4 Å². The molecule has 2 rings (SSSR count). The van der Waals surface area contributed by atoms with E-state index in [4.69, 9.17) is 10.6 Å². The monoisotopic (exact) mass is 290 g/mol. The Labute approximate surface area is 122 Å². The van der Waals surface area contributed by atoms with Gasteiger partial charge in [-0.05, 0) is 24.3 Å². The number of nitrogens with one attached hydrogen (secondary N) is 1. The number of benzene rings is 1. The van der Waals surface area contributed by atoms with Crippen LogP contribution in [0.15, 0.2) is 36.9 Å². The number of nitrogens with two attached hydrogens (primary N) is 1. The molecule has 0 saturated heterocycles. The molecule has 1 aromatic carbocycles. The largest absolute Gasteiger partial charge is 0.377 e. The van der Waals surface area contributed by atoms with Crippen molar-refractivity contribution in [1.82, 2.24) is 5.43 Å². The van der Waals surface area contributed by atoms with Crippen LogP contribution in [-0.2, 0) is 11.3 Å². The van der Waals surface area contributed by atoms with Gasteiger partial charge in [0.2, 0.25) is 0 Å². The molecule has 0 radical (unpaired) electrons. The Balaban J connectivity index is 2.19. The van der Waals surface area contributed by atoms with Crippen molar-refractivity contribution in [3.8, 4) is 0 Å². The van der Waals surface area contributed by atoms with Gasteiger partial charge in [0.15, 0.2) is 0 Å². The highest BCUT2D eigenvalue weighted by Gasteiger charge is 2.17. The predicted molar refractivity (Wildman–Crippen MR) is 82.6 cm³/mol. The molecule has 0 aliphatic carbocycles. The van der Waals surface area contributed by atoms with Gasteiger partial charge in [0, 0.05) is 16.9 Å². The Morgan fingerprint density at radius 3 is 3.00 bits per heavy atom. The average molecular weight is 290 g/mol. The quantitative estimate of drug-likeness (QED) is 0.271. The van der Waals surface area contributed by atoms with Gasteiger partial charge in [-0.3, -0.25) is 10.2 Å². The van der Waals surface area contributed by atoms with Crippen molar-refractivity contribution in [2.24, 2.45) is 5.84 Å². The fraction of sp³-hybridized carbons (Fsp3) is 0.267. The summed E-state index contributed by atoms with van der Waals surface area (Å²) in [5.41, 5.74) is 3.11. The summed E-state index contributed by atoms with van der Waals surface area (Å²) in [5.74, 6) is 4.98. The fourth-order valence-corrected chi connectivity index (χ4v) is 3.11. The molecule has 0 fully saturated rings. The zero-order chi connectivity index (χ0) is 14.4. The second-order valence-electron chi connectivity index (χ2n) is 4.36. The molecule has 20 heavy (non-hydrogen) atoms. The molecule has 0 saturated carbocycles. The fourth-order valence-electron chi connectivity index (χ4n) is 2.00. The highest BCUT2D eigenvalue weighted by Crippen LogP contribution is 2.31. The van der Waals surface area contributed by atoms with Crippen molar-refractivity contribution in [1.29, 1.82) is 0 Å². The van der Waals surface area contributed by atoms with Gasteiger partial charge in [0.05, 0.1) is 11.5 Å². The van der Waals surface area contributed by atoms with E-state index in [-0.39, 0.29) is 5.91 Å². The number of unbranched alkanes of at least 4 members (excludes halogenated alkanes) is 1. The number of rotatable bonds is 7. The minimum Gasteiger partial charge on any atom is -0.377 e. The Kier molecular flexibility index (Phi) is 5.29. The van der Waals surface area contributed by atoms with Crippen LogP contribution in [0.4, 0.5) is 0 Å². The summed E-state index contributed by atoms with van der Waals surface area (Å²) < 4.78 is 6.73. The van der Waals surface area contributed by atoms with Crippen molar-refractivity contribution < 1.29 is 9.53 Å². The van der Waals surface area contributed by atoms with Gasteiger partial charge in [-0.25, -0.2) is 5.84 Å². The third-order valence-electron chi connectivity index (χ3n) is 2.98. The van der Waals surface area contributed by atoms with Crippen molar-refractivity contribution in [2.75, 3.05) is 6.61 Å². The molecule has 4 nitrogen and oxygen atoms in total. The summed E-state index contributed by atoms with van der Waals surface area (Å²) in [6.07, 6.45) is 3.74. The first-order valence-electron chi connectivity index (χ1n) is 6.48. The number of amides is 1. The highest BCUT2D eigenvalue weighted by molar-refractivity contribution is 7.21. The minimum atomic E-state index is -0.268. The van der Waals surface area contributed by atoms with Gasteiger partial charge in [-0.1, -0.05) is 24.3 Å². The molecule has 106 valence electrons. The SMILES string of the molecule is C=CCCCOCc1c(C(=O)NN)sc2ccccc12. The molecule has 0 spiro atoms. The van der Waals surface area contributed by atoms with Crippen LogP contribution in [0, 0.1) is 0 Å². The molecular formula is C15H18N2O2S. The first kappa shape index (κ1) is 14.7. The maximum absolute atomic E-state index is 11.8. The maximum atomic E-state index is 11.8. The maximum Gasteiger partial charge on any atom is 0.275 e. The van der Waals surface area contributed by atoms with E-state index in [1.807, 2.05) is 30.3 Å². The number of carbonyl (C=O) groups excluding carboxylic acids is 1.